The summed E-state index contributed by atoms with van der Waals surface area (Å²) in [6, 6.07) is 0.00709. The van der Waals surface area contributed by atoms with E-state index in [1.807, 2.05) is 11.7 Å². The molecule has 96 valence electrons. The topological polar surface area (TPSA) is 56.7 Å². The van der Waals surface area contributed by atoms with E-state index in [0.717, 1.165) is 18.1 Å². The van der Waals surface area contributed by atoms with E-state index in [0.29, 0.717) is 11.8 Å². The van der Waals surface area contributed by atoms with Crippen LogP contribution in [0.5, 0.6) is 0 Å². The van der Waals surface area contributed by atoms with Crippen molar-refractivity contribution in [2.75, 3.05) is 0 Å². The lowest BCUT2D eigenvalue weighted by molar-refractivity contribution is 0.425. The Morgan fingerprint density at radius 1 is 1.41 bits per heavy atom. The van der Waals surface area contributed by atoms with Crippen molar-refractivity contribution in [3.8, 4) is 0 Å². The third-order valence-electron chi connectivity index (χ3n) is 4.09. The molecule has 0 aliphatic heterocycles. The fourth-order valence-corrected chi connectivity index (χ4v) is 2.57. The highest BCUT2D eigenvalue weighted by Crippen LogP contribution is 2.33. The molecule has 2 atom stereocenters. The van der Waals surface area contributed by atoms with Crippen LogP contribution in [0.25, 0.3) is 0 Å². The lowest BCUT2D eigenvalue weighted by Crippen LogP contribution is -2.22. The van der Waals surface area contributed by atoms with Crippen LogP contribution in [0.1, 0.15) is 69.6 Å². The minimum absolute atomic E-state index is 0.00709. The van der Waals surface area contributed by atoms with Crippen molar-refractivity contribution in [3.05, 3.63) is 11.6 Å². The molecular formula is C13H24N4. The largest absolute Gasteiger partial charge is 0.321 e. The maximum atomic E-state index is 6.24. The zero-order valence-corrected chi connectivity index (χ0v) is 11.2. The molecule has 1 aliphatic carbocycles. The first-order chi connectivity index (χ1) is 8.13. The fraction of sp³-hybridized carbons (Fsp3) is 0.846. The van der Waals surface area contributed by atoms with Crippen LogP contribution in [0.4, 0.5) is 0 Å². The van der Waals surface area contributed by atoms with Gasteiger partial charge in [-0.15, -0.1) is 0 Å². The third-order valence-corrected chi connectivity index (χ3v) is 4.09. The highest BCUT2D eigenvalue weighted by atomic mass is 15.3. The molecule has 1 saturated carbocycles. The summed E-state index contributed by atoms with van der Waals surface area (Å²) < 4.78 is 1.88. The molecule has 0 amide bonds. The average molecular weight is 236 g/mol. The van der Waals surface area contributed by atoms with Gasteiger partial charge in [-0.25, -0.2) is 4.98 Å². The Morgan fingerprint density at radius 2 is 2.06 bits per heavy atom. The Kier molecular flexibility index (Phi) is 3.82. The first-order valence-electron chi connectivity index (χ1n) is 6.79. The standard InChI is InChI=1S/C13H24N4/c1-4-9(2)11(14)13-15-12(16-17(13)3)10-7-5-6-8-10/h9-11H,4-8,14H2,1-3H3. The number of nitrogens with zero attached hydrogens (tertiary/aromatic N) is 3. The number of aryl methyl sites for hydroxylation is 1. The minimum atomic E-state index is 0.00709. The second kappa shape index (κ2) is 5.17. The van der Waals surface area contributed by atoms with Crippen molar-refractivity contribution in [1.29, 1.82) is 0 Å². The molecule has 1 heterocycles. The van der Waals surface area contributed by atoms with E-state index in [1.54, 1.807) is 0 Å². The highest BCUT2D eigenvalue weighted by molar-refractivity contribution is 5.04. The van der Waals surface area contributed by atoms with Gasteiger partial charge in [0.2, 0.25) is 0 Å². The van der Waals surface area contributed by atoms with E-state index in [1.165, 1.54) is 25.7 Å². The lowest BCUT2D eigenvalue weighted by Gasteiger charge is -2.16. The quantitative estimate of drug-likeness (QED) is 0.874. The number of aromatic nitrogens is 3. The summed E-state index contributed by atoms with van der Waals surface area (Å²) in [6.07, 6.45) is 6.18. The van der Waals surface area contributed by atoms with Gasteiger partial charge in [-0.3, -0.25) is 4.68 Å². The molecule has 0 radical (unpaired) electrons. The lowest BCUT2D eigenvalue weighted by atomic mass is 9.99. The maximum Gasteiger partial charge on any atom is 0.154 e. The zero-order chi connectivity index (χ0) is 12.4. The van der Waals surface area contributed by atoms with Gasteiger partial charge in [0.15, 0.2) is 5.82 Å². The minimum Gasteiger partial charge on any atom is -0.321 e. The van der Waals surface area contributed by atoms with Gasteiger partial charge >= 0.3 is 0 Å². The van der Waals surface area contributed by atoms with E-state index in [2.05, 4.69) is 23.9 Å². The Morgan fingerprint density at radius 3 is 2.65 bits per heavy atom. The maximum absolute atomic E-state index is 6.24. The fourth-order valence-electron chi connectivity index (χ4n) is 2.57. The monoisotopic (exact) mass is 236 g/mol. The van der Waals surface area contributed by atoms with Gasteiger partial charge in [0, 0.05) is 13.0 Å². The van der Waals surface area contributed by atoms with Gasteiger partial charge in [-0.1, -0.05) is 33.1 Å². The van der Waals surface area contributed by atoms with Gasteiger partial charge < -0.3 is 5.73 Å². The molecule has 0 aromatic carbocycles. The molecule has 0 spiro atoms. The van der Waals surface area contributed by atoms with Crippen molar-refractivity contribution in [3.63, 3.8) is 0 Å². The van der Waals surface area contributed by atoms with E-state index in [9.17, 15) is 0 Å². The van der Waals surface area contributed by atoms with Gasteiger partial charge in [0.1, 0.15) is 5.82 Å². The van der Waals surface area contributed by atoms with Crippen LogP contribution in [0.15, 0.2) is 0 Å². The smallest absolute Gasteiger partial charge is 0.154 e. The van der Waals surface area contributed by atoms with Crippen LogP contribution in [0, 0.1) is 5.92 Å². The molecule has 17 heavy (non-hydrogen) atoms. The summed E-state index contributed by atoms with van der Waals surface area (Å²) in [7, 11) is 1.96. The van der Waals surface area contributed by atoms with Crippen LogP contribution in [-0.2, 0) is 7.05 Å². The van der Waals surface area contributed by atoms with Crippen molar-refractivity contribution < 1.29 is 0 Å². The molecule has 1 aliphatic rings. The van der Waals surface area contributed by atoms with Crippen molar-refractivity contribution >= 4 is 0 Å². The molecule has 0 bridgehead atoms. The summed E-state index contributed by atoms with van der Waals surface area (Å²) in [6.45, 7) is 4.34. The summed E-state index contributed by atoms with van der Waals surface area (Å²) >= 11 is 0. The summed E-state index contributed by atoms with van der Waals surface area (Å²) in [4.78, 5) is 4.69. The van der Waals surface area contributed by atoms with Gasteiger partial charge in [-0.2, -0.15) is 5.10 Å². The second-order valence-electron chi connectivity index (χ2n) is 5.34. The molecule has 4 heteroatoms. The Labute approximate surface area is 104 Å². The first-order valence-corrected chi connectivity index (χ1v) is 6.79. The number of hydrogen-bond acceptors (Lipinski definition) is 3. The average Bonchev–Trinajstić information content (AvgIpc) is 2.95. The van der Waals surface area contributed by atoms with Gasteiger partial charge in [0.05, 0.1) is 6.04 Å². The number of rotatable bonds is 4. The van der Waals surface area contributed by atoms with Gasteiger partial charge in [0.25, 0.3) is 0 Å². The van der Waals surface area contributed by atoms with Crippen molar-refractivity contribution in [1.82, 2.24) is 14.8 Å². The van der Waals surface area contributed by atoms with E-state index in [-0.39, 0.29) is 6.04 Å². The molecule has 2 N–H and O–H groups in total. The normalized spacial score (nSPS) is 20.7. The molecule has 1 aromatic heterocycles. The summed E-state index contributed by atoms with van der Waals surface area (Å²) in [5.74, 6) is 2.98. The first kappa shape index (κ1) is 12.6. The molecular weight excluding hydrogens is 212 g/mol. The Balaban J connectivity index is 2.17. The van der Waals surface area contributed by atoms with Crippen LogP contribution in [0.2, 0.25) is 0 Å². The van der Waals surface area contributed by atoms with Crippen LogP contribution < -0.4 is 5.73 Å². The van der Waals surface area contributed by atoms with Gasteiger partial charge in [-0.05, 0) is 18.8 Å². The molecule has 2 unspecified atom stereocenters. The van der Waals surface area contributed by atoms with Crippen LogP contribution in [0.3, 0.4) is 0 Å². The number of nitrogens with two attached hydrogens (primary N) is 1. The molecule has 1 aromatic rings. The number of hydrogen-bond donors (Lipinski definition) is 1. The highest BCUT2D eigenvalue weighted by Gasteiger charge is 2.25. The molecule has 0 saturated heterocycles. The zero-order valence-electron chi connectivity index (χ0n) is 11.2. The van der Waals surface area contributed by atoms with Crippen LogP contribution in [-0.4, -0.2) is 14.8 Å². The SMILES string of the molecule is CCC(C)C(N)c1nc(C2CCCC2)nn1C. The molecule has 4 nitrogen and oxygen atoms in total. The molecule has 2 rings (SSSR count). The van der Waals surface area contributed by atoms with E-state index in [4.69, 9.17) is 5.73 Å². The van der Waals surface area contributed by atoms with E-state index >= 15 is 0 Å². The molecule has 1 fully saturated rings. The van der Waals surface area contributed by atoms with Crippen LogP contribution >= 0.6 is 0 Å². The van der Waals surface area contributed by atoms with Crippen molar-refractivity contribution in [2.24, 2.45) is 18.7 Å². The van der Waals surface area contributed by atoms with Crippen molar-refractivity contribution in [2.45, 2.75) is 57.9 Å². The Hall–Kier alpha value is -0.900. The summed E-state index contributed by atoms with van der Waals surface area (Å²) in [5, 5.41) is 4.56. The van der Waals surface area contributed by atoms with E-state index < -0.39 is 0 Å². The Bertz CT molecular complexity index is 365. The summed E-state index contributed by atoms with van der Waals surface area (Å²) in [5.41, 5.74) is 6.24. The third kappa shape index (κ3) is 2.51. The predicted molar refractivity (Wildman–Crippen MR) is 68.6 cm³/mol. The second-order valence-corrected chi connectivity index (χ2v) is 5.34. The predicted octanol–water partition coefficient (Wildman–Crippen LogP) is 2.52.